The fraction of sp³-hybridized carbons (Fsp3) is 0.143. The van der Waals surface area contributed by atoms with Gasteiger partial charge in [-0.1, -0.05) is 12.1 Å². The highest BCUT2D eigenvalue weighted by atomic mass is 32.2. The van der Waals surface area contributed by atoms with Crippen LogP contribution in [-0.2, 0) is 21.4 Å². The van der Waals surface area contributed by atoms with Crippen molar-refractivity contribution < 1.29 is 17.9 Å². The molecule has 1 aromatic carbocycles. The third kappa shape index (κ3) is 3.87. The molecular weight excluding hydrogens is 292 g/mol. The Morgan fingerprint density at radius 1 is 1.24 bits per heavy atom. The summed E-state index contributed by atoms with van der Waals surface area (Å²) in [4.78, 5) is 16.0. The highest BCUT2D eigenvalue weighted by molar-refractivity contribution is 7.89. The van der Waals surface area contributed by atoms with Crippen molar-refractivity contribution in [2.24, 2.45) is 0 Å². The molecule has 2 aromatic rings. The molecule has 1 heterocycles. The van der Waals surface area contributed by atoms with Gasteiger partial charge < -0.3 is 4.74 Å². The summed E-state index contributed by atoms with van der Waals surface area (Å²) in [5.74, 6) is -0.603. The monoisotopic (exact) mass is 306 g/mol. The lowest BCUT2D eigenvalue weighted by molar-refractivity contribution is 0.0467. The minimum absolute atomic E-state index is 0.0114. The van der Waals surface area contributed by atoms with E-state index in [-0.39, 0.29) is 17.1 Å². The molecule has 0 aliphatic carbocycles. The van der Waals surface area contributed by atoms with Gasteiger partial charge in [0.25, 0.3) is 0 Å². The maximum atomic E-state index is 11.9. The van der Waals surface area contributed by atoms with E-state index in [4.69, 9.17) is 4.74 Å². The smallest absolute Gasteiger partial charge is 0.338 e. The number of hydrogen-bond donors (Lipinski definition) is 1. The normalized spacial score (nSPS) is 11.1. The minimum Gasteiger partial charge on any atom is -0.456 e. The molecule has 1 aromatic heterocycles. The lowest BCUT2D eigenvalue weighted by atomic mass is 10.2. The highest BCUT2D eigenvalue weighted by Gasteiger charge is 2.15. The van der Waals surface area contributed by atoms with Crippen LogP contribution in [-0.4, -0.2) is 26.4 Å². The largest absolute Gasteiger partial charge is 0.456 e. The Morgan fingerprint density at radius 2 is 2.05 bits per heavy atom. The van der Waals surface area contributed by atoms with Crippen molar-refractivity contribution in [3.05, 3.63) is 59.9 Å². The quantitative estimate of drug-likeness (QED) is 0.843. The lowest BCUT2D eigenvalue weighted by Crippen LogP contribution is -2.19. The molecule has 110 valence electrons. The van der Waals surface area contributed by atoms with Crippen LogP contribution >= 0.6 is 0 Å². The van der Waals surface area contributed by atoms with Crippen molar-refractivity contribution in [2.45, 2.75) is 11.5 Å². The maximum Gasteiger partial charge on any atom is 0.338 e. The highest BCUT2D eigenvalue weighted by Crippen LogP contribution is 2.12. The van der Waals surface area contributed by atoms with Crippen LogP contribution in [0.5, 0.6) is 0 Å². The standard InChI is InChI=1S/C14H14N2O4S/c1-15-21(18,19)13-7-4-5-11(9-13)14(17)20-10-12-6-2-3-8-16-12/h2-9,15H,10H2,1H3. The number of nitrogens with zero attached hydrogens (tertiary/aromatic N) is 1. The molecule has 7 heteroatoms. The topological polar surface area (TPSA) is 85.4 Å². The van der Waals surface area contributed by atoms with Crippen LogP contribution in [0.4, 0.5) is 0 Å². The average molecular weight is 306 g/mol. The van der Waals surface area contributed by atoms with Gasteiger partial charge in [0.05, 0.1) is 16.2 Å². The number of benzene rings is 1. The van der Waals surface area contributed by atoms with Crippen LogP contribution in [0.3, 0.4) is 0 Å². The fourth-order valence-corrected chi connectivity index (χ4v) is 2.39. The number of esters is 1. The molecule has 0 atom stereocenters. The van der Waals surface area contributed by atoms with Crippen LogP contribution in [0.25, 0.3) is 0 Å². The summed E-state index contributed by atoms with van der Waals surface area (Å²) in [5.41, 5.74) is 0.784. The minimum atomic E-state index is -3.59. The fourth-order valence-electron chi connectivity index (χ4n) is 1.61. The zero-order chi connectivity index (χ0) is 15.3. The number of hydrogen-bond acceptors (Lipinski definition) is 5. The summed E-state index contributed by atoms with van der Waals surface area (Å²) in [6.45, 7) is 0.0304. The first-order valence-electron chi connectivity index (χ1n) is 6.13. The van der Waals surface area contributed by atoms with Gasteiger partial charge in [-0.15, -0.1) is 0 Å². The number of nitrogens with one attached hydrogen (secondary N) is 1. The van der Waals surface area contributed by atoms with E-state index < -0.39 is 16.0 Å². The van der Waals surface area contributed by atoms with Crippen molar-refractivity contribution >= 4 is 16.0 Å². The number of rotatable bonds is 5. The maximum absolute atomic E-state index is 11.9. The molecule has 0 amide bonds. The van der Waals surface area contributed by atoms with Gasteiger partial charge in [-0.3, -0.25) is 4.98 Å². The van der Waals surface area contributed by atoms with E-state index in [1.807, 2.05) is 0 Å². The summed E-state index contributed by atoms with van der Waals surface area (Å²) < 4.78 is 30.7. The average Bonchev–Trinajstić information content (AvgIpc) is 2.53. The van der Waals surface area contributed by atoms with Gasteiger partial charge in [0.15, 0.2) is 0 Å². The molecule has 2 rings (SSSR count). The molecule has 0 radical (unpaired) electrons. The molecule has 21 heavy (non-hydrogen) atoms. The number of aromatic nitrogens is 1. The van der Waals surface area contributed by atoms with Crippen LogP contribution in [0.1, 0.15) is 16.1 Å². The van der Waals surface area contributed by atoms with E-state index >= 15 is 0 Å². The molecule has 0 saturated heterocycles. The first kappa shape index (κ1) is 15.1. The van der Waals surface area contributed by atoms with E-state index in [1.54, 1.807) is 24.4 Å². The molecule has 0 bridgehead atoms. The van der Waals surface area contributed by atoms with E-state index in [2.05, 4.69) is 9.71 Å². The predicted molar refractivity (Wildman–Crippen MR) is 76.0 cm³/mol. The summed E-state index contributed by atoms with van der Waals surface area (Å²) in [5, 5.41) is 0. The second-order valence-electron chi connectivity index (χ2n) is 4.13. The lowest BCUT2D eigenvalue weighted by Gasteiger charge is -2.06. The first-order valence-corrected chi connectivity index (χ1v) is 7.62. The number of carbonyl (C=O) groups is 1. The number of sulfonamides is 1. The third-order valence-corrected chi connectivity index (χ3v) is 4.14. The number of pyridine rings is 1. The summed E-state index contributed by atoms with van der Waals surface area (Å²) in [6, 6.07) is 10.9. The molecule has 0 aliphatic rings. The Balaban J connectivity index is 2.11. The molecule has 0 saturated carbocycles. The van der Waals surface area contributed by atoms with Crippen molar-refractivity contribution in [3.63, 3.8) is 0 Å². The molecule has 0 aliphatic heterocycles. The molecule has 0 unspecified atom stereocenters. The Morgan fingerprint density at radius 3 is 2.71 bits per heavy atom. The van der Waals surface area contributed by atoms with Crippen molar-refractivity contribution in [1.29, 1.82) is 0 Å². The predicted octanol–water partition coefficient (Wildman–Crippen LogP) is 1.35. The number of carbonyl (C=O) groups excluding carboxylic acids is 1. The summed E-state index contributed by atoms with van der Waals surface area (Å²) in [6.07, 6.45) is 1.60. The Bertz CT molecular complexity index is 730. The van der Waals surface area contributed by atoms with Crippen LogP contribution in [0, 0.1) is 0 Å². The first-order chi connectivity index (χ1) is 10.0. The van der Waals surface area contributed by atoms with Crippen LogP contribution in [0.2, 0.25) is 0 Å². The molecule has 0 spiro atoms. The van der Waals surface area contributed by atoms with Crippen LogP contribution in [0.15, 0.2) is 53.6 Å². The van der Waals surface area contributed by atoms with Crippen molar-refractivity contribution in [2.75, 3.05) is 7.05 Å². The second-order valence-corrected chi connectivity index (χ2v) is 6.02. The van der Waals surface area contributed by atoms with E-state index in [0.717, 1.165) is 0 Å². The summed E-state index contributed by atoms with van der Waals surface area (Å²) in [7, 11) is -2.28. The number of ether oxygens (including phenoxy) is 1. The van der Waals surface area contributed by atoms with E-state index in [0.29, 0.717) is 5.69 Å². The van der Waals surface area contributed by atoms with Gasteiger partial charge in [-0.25, -0.2) is 17.9 Å². The van der Waals surface area contributed by atoms with Gasteiger partial charge >= 0.3 is 5.97 Å². The summed E-state index contributed by atoms with van der Waals surface area (Å²) >= 11 is 0. The van der Waals surface area contributed by atoms with Crippen molar-refractivity contribution in [3.8, 4) is 0 Å². The SMILES string of the molecule is CNS(=O)(=O)c1cccc(C(=O)OCc2ccccn2)c1. The second kappa shape index (κ2) is 6.47. The Labute approximate surface area is 122 Å². The van der Waals surface area contributed by atoms with Gasteiger partial charge in [0.1, 0.15) is 6.61 Å². The van der Waals surface area contributed by atoms with Gasteiger partial charge in [0, 0.05) is 6.20 Å². The molecule has 1 N–H and O–H groups in total. The molecule has 0 fully saturated rings. The zero-order valence-corrected chi connectivity index (χ0v) is 12.1. The van der Waals surface area contributed by atoms with Gasteiger partial charge in [-0.2, -0.15) is 0 Å². The zero-order valence-electron chi connectivity index (χ0n) is 11.3. The van der Waals surface area contributed by atoms with Crippen LogP contribution < -0.4 is 4.72 Å². The third-order valence-electron chi connectivity index (χ3n) is 2.73. The molecular formula is C14H14N2O4S. The molecule has 6 nitrogen and oxygen atoms in total. The Hall–Kier alpha value is -2.25. The van der Waals surface area contributed by atoms with Crippen molar-refractivity contribution in [1.82, 2.24) is 9.71 Å². The Kier molecular flexibility index (Phi) is 4.66. The van der Waals surface area contributed by atoms with E-state index in [1.165, 1.54) is 31.3 Å². The van der Waals surface area contributed by atoms with E-state index in [9.17, 15) is 13.2 Å². The van der Waals surface area contributed by atoms with Gasteiger partial charge in [-0.05, 0) is 37.4 Å². The van der Waals surface area contributed by atoms with Gasteiger partial charge in [0.2, 0.25) is 10.0 Å².